The van der Waals surface area contributed by atoms with Gasteiger partial charge < -0.3 is 10.2 Å². The van der Waals surface area contributed by atoms with Gasteiger partial charge in [0.05, 0.1) is 4.49 Å². The van der Waals surface area contributed by atoms with E-state index in [1.165, 1.54) is 0 Å². The van der Waals surface area contributed by atoms with Gasteiger partial charge in [0.2, 0.25) is 0 Å². The van der Waals surface area contributed by atoms with Crippen molar-refractivity contribution in [3.8, 4) is 0 Å². The van der Waals surface area contributed by atoms with E-state index >= 15 is 0 Å². The normalized spacial score (nSPS) is 6.43. The second-order valence-electron chi connectivity index (χ2n) is 1.42. The zero-order valence-electron chi connectivity index (χ0n) is 7.24. The number of carboxylic acid groups (broad SMARTS) is 2. The van der Waals surface area contributed by atoms with E-state index in [9.17, 15) is 9.59 Å². The van der Waals surface area contributed by atoms with Gasteiger partial charge in [-0.15, -0.1) is 0 Å². The number of carboxylic acids is 2. The molecule has 0 fully saturated rings. The molecule has 0 heterocycles. The van der Waals surface area contributed by atoms with Gasteiger partial charge in [-0.2, -0.15) is 0 Å². The Hall–Kier alpha value is -1.26. The molecule has 0 atom stereocenters. The van der Waals surface area contributed by atoms with Crippen molar-refractivity contribution < 1.29 is 19.8 Å². The fourth-order valence-corrected chi connectivity index (χ4v) is 0. The molecule has 0 saturated heterocycles. The smallest absolute Gasteiger partial charge is 0.327 e. The van der Waals surface area contributed by atoms with Gasteiger partial charge in [-0.05, 0) is 0 Å². The first-order valence-electron chi connectivity index (χ1n) is 2.98. The Balaban J connectivity index is -0.000000131. The summed E-state index contributed by atoms with van der Waals surface area (Å²) in [5.41, 5.74) is 0. The number of hydrogen-bond donors (Lipinski definition) is 2. The van der Waals surface area contributed by atoms with Crippen molar-refractivity contribution in [1.82, 2.24) is 0 Å². The van der Waals surface area contributed by atoms with Crippen LogP contribution in [0.15, 0.2) is 36.4 Å². The Morgan fingerprint density at radius 3 is 1.07 bits per heavy atom. The zero-order valence-corrected chi connectivity index (χ0v) is 8.75. The largest absolute Gasteiger partial charge is 0.478 e. The fraction of sp³-hybridized carbons (Fsp3) is 0. The van der Waals surface area contributed by atoms with Gasteiger partial charge in [0, 0.05) is 12.2 Å². The van der Waals surface area contributed by atoms with Crippen molar-refractivity contribution >= 4 is 35.1 Å². The van der Waals surface area contributed by atoms with Gasteiger partial charge in [-0.25, -0.2) is 9.59 Å². The van der Waals surface area contributed by atoms with E-state index in [1.807, 2.05) is 0 Å². The highest BCUT2D eigenvalue weighted by Gasteiger charge is 1.73. The second kappa shape index (κ2) is 14.3. The average Bonchev–Trinajstić information content (AvgIpc) is 2.04. The number of carbonyl (C=O) groups is 2. The monoisotopic (exact) mass is 240 g/mol. The van der Waals surface area contributed by atoms with Crippen LogP contribution in [0.25, 0.3) is 0 Å². The first-order chi connectivity index (χ1) is 6.27. The lowest BCUT2D eigenvalue weighted by molar-refractivity contribution is -0.132. The molecule has 2 N–H and O–H groups in total. The van der Waals surface area contributed by atoms with Crippen molar-refractivity contribution in [3.63, 3.8) is 0 Å². The maximum atomic E-state index is 9.25. The lowest BCUT2D eigenvalue weighted by Crippen LogP contribution is -1.82. The Kier molecular flexibility index (Phi) is 18.9. The van der Waals surface area contributed by atoms with Gasteiger partial charge in [-0.1, -0.05) is 42.9 Å². The molecule has 80 valence electrons. The maximum absolute atomic E-state index is 9.25. The summed E-state index contributed by atoms with van der Waals surface area (Å²) in [4.78, 5) is 18.5. The van der Waals surface area contributed by atoms with E-state index in [4.69, 9.17) is 33.4 Å². The zero-order chi connectivity index (χ0) is 12.1. The quantitative estimate of drug-likeness (QED) is 0.728. The molecule has 6 heteroatoms. The molecule has 0 spiro atoms. The highest BCUT2D eigenvalue weighted by Crippen LogP contribution is 1.98. The summed E-state index contributed by atoms with van der Waals surface area (Å²) in [6, 6.07) is 0. The van der Waals surface area contributed by atoms with Crippen LogP contribution < -0.4 is 0 Å². The van der Waals surface area contributed by atoms with E-state index in [-0.39, 0.29) is 4.49 Å². The highest BCUT2D eigenvalue weighted by atomic mass is 35.5. The Bertz CT molecular complexity index is 201. The topological polar surface area (TPSA) is 74.6 Å². The van der Waals surface area contributed by atoms with Crippen LogP contribution >= 0.6 is 23.2 Å². The minimum Gasteiger partial charge on any atom is -0.478 e. The third kappa shape index (κ3) is 136. The van der Waals surface area contributed by atoms with E-state index in [1.54, 1.807) is 0 Å². The SMILES string of the molecule is C=C(Cl)Cl.C=CC(=O)O.C=CC(=O)O. The summed E-state index contributed by atoms with van der Waals surface area (Å²) in [6.07, 6.45) is 1.67. The van der Waals surface area contributed by atoms with Crippen molar-refractivity contribution in [3.05, 3.63) is 36.4 Å². The predicted octanol–water partition coefficient (Wildman–Crippen LogP) is 2.45. The molecule has 4 nitrogen and oxygen atoms in total. The fourth-order valence-electron chi connectivity index (χ4n) is 0. The van der Waals surface area contributed by atoms with Crippen LogP contribution in [-0.4, -0.2) is 22.2 Å². The van der Waals surface area contributed by atoms with E-state index in [0.717, 1.165) is 12.2 Å². The minimum absolute atomic E-state index is 0.111. The summed E-state index contributed by atoms with van der Waals surface area (Å²) in [5.74, 6) is -1.96. The van der Waals surface area contributed by atoms with Crippen LogP contribution in [0.1, 0.15) is 0 Å². The van der Waals surface area contributed by atoms with E-state index in [0.29, 0.717) is 0 Å². The lowest BCUT2D eigenvalue weighted by atomic mass is 10.7. The van der Waals surface area contributed by atoms with E-state index in [2.05, 4.69) is 19.7 Å². The first kappa shape index (κ1) is 18.5. The third-order valence-electron chi connectivity index (χ3n) is 0.349. The molecule has 0 amide bonds. The predicted molar refractivity (Wildman–Crippen MR) is 56.5 cm³/mol. The molecular formula is C8H10Cl2O4. The Morgan fingerprint density at radius 2 is 1.07 bits per heavy atom. The van der Waals surface area contributed by atoms with Gasteiger partial charge >= 0.3 is 11.9 Å². The molecule has 0 aliphatic heterocycles. The van der Waals surface area contributed by atoms with E-state index < -0.39 is 11.9 Å². The Labute approximate surface area is 91.8 Å². The summed E-state index contributed by atoms with van der Waals surface area (Å²) >= 11 is 9.69. The average molecular weight is 241 g/mol. The molecule has 14 heavy (non-hydrogen) atoms. The second-order valence-corrected chi connectivity index (χ2v) is 2.53. The molecule has 0 radical (unpaired) electrons. The number of hydrogen-bond acceptors (Lipinski definition) is 2. The lowest BCUT2D eigenvalue weighted by Gasteiger charge is -1.64. The molecule has 0 aromatic rings. The van der Waals surface area contributed by atoms with Crippen molar-refractivity contribution in [2.45, 2.75) is 0 Å². The number of aliphatic carboxylic acids is 2. The number of rotatable bonds is 2. The molecule has 0 aliphatic rings. The van der Waals surface area contributed by atoms with Gasteiger partial charge in [0.1, 0.15) is 0 Å². The molecule has 0 aliphatic carbocycles. The van der Waals surface area contributed by atoms with Gasteiger partial charge in [-0.3, -0.25) is 0 Å². The maximum Gasteiger partial charge on any atom is 0.327 e. The van der Waals surface area contributed by atoms with Gasteiger partial charge in [0.25, 0.3) is 0 Å². The molecule has 0 unspecified atom stereocenters. The summed E-state index contributed by atoms with van der Waals surface area (Å²) < 4.78 is 0.111. The van der Waals surface area contributed by atoms with Crippen molar-refractivity contribution in [2.24, 2.45) is 0 Å². The highest BCUT2D eigenvalue weighted by molar-refractivity contribution is 6.55. The molecule has 0 aromatic carbocycles. The van der Waals surface area contributed by atoms with Crippen LogP contribution in [0.5, 0.6) is 0 Å². The molecule has 0 aromatic heterocycles. The Morgan fingerprint density at radius 1 is 1.00 bits per heavy atom. The van der Waals surface area contributed by atoms with Crippen LogP contribution in [0.3, 0.4) is 0 Å². The van der Waals surface area contributed by atoms with Crippen LogP contribution in [0.2, 0.25) is 0 Å². The van der Waals surface area contributed by atoms with Crippen LogP contribution in [-0.2, 0) is 9.59 Å². The van der Waals surface area contributed by atoms with Gasteiger partial charge in [0.15, 0.2) is 0 Å². The number of halogens is 2. The van der Waals surface area contributed by atoms with Crippen molar-refractivity contribution in [1.29, 1.82) is 0 Å². The third-order valence-corrected chi connectivity index (χ3v) is 0.349. The standard InChI is InChI=1S/2C3H4O2.C2H2Cl2/c2*1-2-3(4)5;1-2(3)4/h2*2H,1H2,(H,4,5);1H2. The molecule has 0 saturated carbocycles. The summed E-state index contributed by atoms with van der Waals surface area (Å²) in [5, 5.41) is 15.2. The minimum atomic E-state index is -0.981. The summed E-state index contributed by atoms with van der Waals surface area (Å²) in [7, 11) is 0. The van der Waals surface area contributed by atoms with Crippen molar-refractivity contribution in [2.75, 3.05) is 0 Å². The van der Waals surface area contributed by atoms with Crippen LogP contribution in [0, 0.1) is 0 Å². The molecular weight excluding hydrogens is 231 g/mol. The first-order valence-corrected chi connectivity index (χ1v) is 3.74. The molecule has 0 rings (SSSR count). The molecule has 0 bridgehead atoms. The summed E-state index contributed by atoms with van der Waals surface area (Å²) in [6.45, 7) is 9.01. The van der Waals surface area contributed by atoms with Crippen LogP contribution in [0.4, 0.5) is 0 Å².